The van der Waals surface area contributed by atoms with Gasteiger partial charge in [-0.3, -0.25) is 20.2 Å². The van der Waals surface area contributed by atoms with Crippen molar-refractivity contribution in [3.05, 3.63) is 53.0 Å². The van der Waals surface area contributed by atoms with Gasteiger partial charge in [0.2, 0.25) is 0 Å². The summed E-state index contributed by atoms with van der Waals surface area (Å²) in [6.07, 6.45) is 2.74. The zero-order valence-electron chi connectivity index (χ0n) is 12.7. The average molecular weight is 466 g/mol. The maximum absolute atomic E-state index is 12.0. The SMILES string of the molecule is CCCC/C(Br)=C(\Br)COC(=O)c1cc([N+](=O)[O-])cc([N+](=O)[O-])c1. The maximum atomic E-state index is 12.0. The molecule has 0 radical (unpaired) electrons. The lowest BCUT2D eigenvalue weighted by atomic mass is 10.2. The van der Waals surface area contributed by atoms with E-state index in [9.17, 15) is 25.0 Å². The Balaban J connectivity index is 2.91. The first-order chi connectivity index (χ1) is 11.3. The molecule has 0 unspecified atom stereocenters. The second kappa shape index (κ2) is 9.48. The molecule has 0 bridgehead atoms. The van der Waals surface area contributed by atoms with Crippen LogP contribution in [0, 0.1) is 20.2 Å². The summed E-state index contributed by atoms with van der Waals surface area (Å²) in [4.78, 5) is 32.0. The Kier molecular flexibility index (Phi) is 7.99. The number of hydrogen-bond acceptors (Lipinski definition) is 6. The van der Waals surface area contributed by atoms with Crippen molar-refractivity contribution in [1.29, 1.82) is 0 Å². The number of carbonyl (C=O) groups excluding carboxylic acids is 1. The fourth-order valence-electron chi connectivity index (χ4n) is 1.68. The Morgan fingerprint density at radius 3 is 2.08 bits per heavy atom. The Hall–Kier alpha value is -1.81. The molecule has 1 rings (SSSR count). The predicted octanol–water partition coefficient (Wildman–Crippen LogP) is 4.85. The molecule has 8 nitrogen and oxygen atoms in total. The monoisotopic (exact) mass is 464 g/mol. The van der Waals surface area contributed by atoms with Gasteiger partial charge in [0.1, 0.15) is 6.61 Å². The fourth-order valence-corrected chi connectivity index (χ4v) is 2.39. The zero-order valence-corrected chi connectivity index (χ0v) is 15.8. The third-order valence-electron chi connectivity index (χ3n) is 2.93. The van der Waals surface area contributed by atoms with Gasteiger partial charge >= 0.3 is 5.97 Å². The molecule has 0 aliphatic heterocycles. The van der Waals surface area contributed by atoms with Crippen molar-refractivity contribution in [2.24, 2.45) is 0 Å². The first-order valence-corrected chi connectivity index (χ1v) is 8.48. The number of rotatable bonds is 8. The number of nitro groups is 2. The highest BCUT2D eigenvalue weighted by molar-refractivity contribution is 9.14. The molecule has 0 N–H and O–H groups in total. The van der Waals surface area contributed by atoms with E-state index in [0.717, 1.165) is 41.9 Å². The molecular formula is C14H14Br2N2O6. The van der Waals surface area contributed by atoms with Gasteiger partial charge in [-0.1, -0.05) is 45.2 Å². The number of halogens is 2. The number of hydrogen-bond donors (Lipinski definition) is 0. The normalized spacial score (nSPS) is 11.6. The first kappa shape index (κ1) is 20.2. The molecule has 1 aromatic carbocycles. The van der Waals surface area contributed by atoms with E-state index in [4.69, 9.17) is 4.74 Å². The van der Waals surface area contributed by atoms with Crippen LogP contribution in [0.3, 0.4) is 0 Å². The molecule has 0 atom stereocenters. The number of carbonyl (C=O) groups is 1. The minimum Gasteiger partial charge on any atom is -0.457 e. The van der Waals surface area contributed by atoms with E-state index in [1.54, 1.807) is 0 Å². The van der Waals surface area contributed by atoms with Crippen LogP contribution in [-0.2, 0) is 4.74 Å². The van der Waals surface area contributed by atoms with Crippen LogP contribution in [0.25, 0.3) is 0 Å². The van der Waals surface area contributed by atoms with Gasteiger partial charge in [0.05, 0.1) is 21.5 Å². The maximum Gasteiger partial charge on any atom is 0.338 e. The van der Waals surface area contributed by atoms with Gasteiger partial charge in [0, 0.05) is 21.1 Å². The van der Waals surface area contributed by atoms with Gasteiger partial charge < -0.3 is 4.74 Å². The summed E-state index contributed by atoms with van der Waals surface area (Å²) in [5.41, 5.74) is -1.34. The molecular weight excluding hydrogens is 452 g/mol. The molecule has 0 fully saturated rings. The molecule has 1 aromatic rings. The van der Waals surface area contributed by atoms with Crippen LogP contribution in [-0.4, -0.2) is 22.4 Å². The minimum absolute atomic E-state index is 0.0837. The standard InChI is InChI=1S/C14H14Br2N2O6/c1-2-3-4-12(15)13(16)8-24-14(19)9-5-10(17(20)21)7-11(6-9)18(22)23/h5-7H,2-4,8H2,1H3/b13-12+. The van der Waals surface area contributed by atoms with E-state index in [-0.39, 0.29) is 12.2 Å². The first-order valence-electron chi connectivity index (χ1n) is 6.90. The number of ether oxygens (including phenoxy) is 1. The number of non-ortho nitro benzene ring substituents is 2. The third kappa shape index (κ3) is 6.00. The predicted molar refractivity (Wildman–Crippen MR) is 94.4 cm³/mol. The van der Waals surface area contributed by atoms with Gasteiger partial charge in [-0.2, -0.15) is 0 Å². The molecule has 0 saturated heterocycles. The Labute approximate surface area is 154 Å². The highest BCUT2D eigenvalue weighted by atomic mass is 79.9. The van der Waals surface area contributed by atoms with Crippen LogP contribution >= 0.6 is 31.9 Å². The van der Waals surface area contributed by atoms with E-state index in [2.05, 4.69) is 31.9 Å². The molecule has 0 heterocycles. The van der Waals surface area contributed by atoms with E-state index in [1.807, 2.05) is 6.92 Å². The average Bonchev–Trinajstić information content (AvgIpc) is 2.56. The number of benzene rings is 1. The lowest BCUT2D eigenvalue weighted by Gasteiger charge is -2.07. The number of nitrogens with zero attached hydrogens (tertiary/aromatic N) is 2. The molecule has 0 saturated carbocycles. The van der Waals surface area contributed by atoms with Crippen molar-refractivity contribution in [3.63, 3.8) is 0 Å². The van der Waals surface area contributed by atoms with Crippen LogP contribution in [0.4, 0.5) is 11.4 Å². The van der Waals surface area contributed by atoms with Crippen LogP contribution in [0.5, 0.6) is 0 Å². The van der Waals surface area contributed by atoms with Crippen LogP contribution in [0.15, 0.2) is 27.2 Å². The number of nitro benzene ring substituents is 2. The summed E-state index contributed by atoms with van der Waals surface area (Å²) < 4.78 is 6.52. The molecule has 10 heteroatoms. The summed E-state index contributed by atoms with van der Waals surface area (Å²) in [5, 5.41) is 21.6. The number of unbranched alkanes of at least 4 members (excludes halogenated alkanes) is 1. The summed E-state index contributed by atoms with van der Waals surface area (Å²) in [6, 6.07) is 2.67. The summed E-state index contributed by atoms with van der Waals surface area (Å²) in [5.74, 6) is -0.880. The molecule has 0 aliphatic rings. The van der Waals surface area contributed by atoms with Gasteiger partial charge in [-0.25, -0.2) is 4.79 Å². The Morgan fingerprint density at radius 2 is 1.62 bits per heavy atom. The molecule has 0 spiro atoms. The zero-order chi connectivity index (χ0) is 18.3. The van der Waals surface area contributed by atoms with Crippen molar-refractivity contribution in [2.75, 3.05) is 6.61 Å². The Bertz CT molecular complexity index is 658. The van der Waals surface area contributed by atoms with E-state index in [0.29, 0.717) is 4.48 Å². The molecule has 24 heavy (non-hydrogen) atoms. The largest absolute Gasteiger partial charge is 0.457 e. The molecule has 0 aliphatic carbocycles. The molecule has 0 amide bonds. The topological polar surface area (TPSA) is 113 Å². The Morgan fingerprint density at radius 1 is 1.08 bits per heavy atom. The van der Waals surface area contributed by atoms with E-state index in [1.165, 1.54) is 0 Å². The smallest absolute Gasteiger partial charge is 0.338 e. The molecule has 0 aromatic heterocycles. The summed E-state index contributed by atoms with van der Waals surface area (Å²) in [7, 11) is 0. The quantitative estimate of drug-likeness (QED) is 0.308. The lowest BCUT2D eigenvalue weighted by Crippen LogP contribution is -2.08. The number of esters is 1. The van der Waals surface area contributed by atoms with Crippen molar-refractivity contribution < 1.29 is 19.4 Å². The third-order valence-corrected chi connectivity index (χ3v) is 5.05. The summed E-state index contributed by atoms with van der Waals surface area (Å²) in [6.45, 7) is 1.96. The highest BCUT2D eigenvalue weighted by Gasteiger charge is 2.21. The van der Waals surface area contributed by atoms with Crippen LogP contribution in [0.2, 0.25) is 0 Å². The van der Waals surface area contributed by atoms with E-state index < -0.39 is 27.2 Å². The van der Waals surface area contributed by atoms with Crippen molar-refractivity contribution in [3.8, 4) is 0 Å². The fraction of sp³-hybridized carbons (Fsp3) is 0.357. The second-order valence-corrected chi connectivity index (χ2v) is 6.66. The van der Waals surface area contributed by atoms with Gasteiger partial charge in [0.15, 0.2) is 0 Å². The second-order valence-electron chi connectivity index (χ2n) is 4.74. The number of allylic oxidation sites excluding steroid dienone is 1. The minimum atomic E-state index is -0.880. The van der Waals surface area contributed by atoms with E-state index >= 15 is 0 Å². The van der Waals surface area contributed by atoms with Crippen LogP contribution in [0.1, 0.15) is 36.5 Å². The van der Waals surface area contributed by atoms with Crippen molar-refractivity contribution in [2.45, 2.75) is 26.2 Å². The summed E-state index contributed by atoms with van der Waals surface area (Å²) >= 11 is 6.66. The highest BCUT2D eigenvalue weighted by Crippen LogP contribution is 2.25. The molecule has 130 valence electrons. The van der Waals surface area contributed by atoms with Crippen molar-refractivity contribution in [1.82, 2.24) is 0 Å². The van der Waals surface area contributed by atoms with Crippen LogP contribution < -0.4 is 0 Å². The van der Waals surface area contributed by atoms with Gasteiger partial charge in [-0.15, -0.1) is 0 Å². The van der Waals surface area contributed by atoms with Gasteiger partial charge in [0.25, 0.3) is 11.4 Å². The lowest BCUT2D eigenvalue weighted by molar-refractivity contribution is -0.394. The van der Waals surface area contributed by atoms with Crippen molar-refractivity contribution >= 4 is 49.2 Å². The van der Waals surface area contributed by atoms with Gasteiger partial charge in [-0.05, 0) is 12.8 Å².